The summed E-state index contributed by atoms with van der Waals surface area (Å²) in [7, 11) is 0. The van der Waals surface area contributed by atoms with Gasteiger partial charge < -0.3 is 9.67 Å². The zero-order chi connectivity index (χ0) is 14.2. The monoisotopic (exact) mass is 277 g/mol. The van der Waals surface area contributed by atoms with Crippen LogP contribution < -0.4 is 0 Å². The van der Waals surface area contributed by atoms with Crippen LogP contribution in [0.25, 0.3) is 11.3 Å². The molecular formula is C17H15N3O. The Kier molecular flexibility index (Phi) is 2.82. The average molecular weight is 277 g/mol. The smallest absolute Gasteiger partial charge is 0.0956 e. The second kappa shape index (κ2) is 4.82. The Hall–Kier alpha value is -2.46. The Labute approximate surface area is 122 Å². The molecule has 4 nitrogen and oxygen atoms in total. The van der Waals surface area contributed by atoms with Crippen molar-refractivity contribution in [1.29, 1.82) is 0 Å². The fourth-order valence-electron chi connectivity index (χ4n) is 3.11. The Bertz CT molecular complexity index is 766. The summed E-state index contributed by atoms with van der Waals surface area (Å²) in [5, 5.41) is 10.5. The summed E-state index contributed by atoms with van der Waals surface area (Å²) in [5.74, 6) is 0. The van der Waals surface area contributed by atoms with Crippen LogP contribution in [0.4, 0.5) is 0 Å². The van der Waals surface area contributed by atoms with Crippen LogP contribution in [0.5, 0.6) is 0 Å². The Morgan fingerprint density at radius 1 is 1.10 bits per heavy atom. The molecule has 4 heteroatoms. The first-order valence-electron chi connectivity index (χ1n) is 7.03. The fourth-order valence-corrected chi connectivity index (χ4v) is 3.11. The average Bonchev–Trinajstić information content (AvgIpc) is 3.11. The number of aliphatic hydroxyl groups excluding tert-OH is 1. The van der Waals surface area contributed by atoms with Crippen LogP contribution in [0.3, 0.4) is 0 Å². The van der Waals surface area contributed by atoms with E-state index in [9.17, 15) is 5.11 Å². The molecule has 0 spiro atoms. The minimum absolute atomic E-state index is 0.127. The molecular weight excluding hydrogens is 262 g/mol. The van der Waals surface area contributed by atoms with Gasteiger partial charge in [-0.15, -0.1) is 0 Å². The molecule has 0 saturated carbocycles. The van der Waals surface area contributed by atoms with Gasteiger partial charge in [-0.05, 0) is 23.3 Å². The highest BCUT2D eigenvalue weighted by atomic mass is 16.3. The molecule has 3 heterocycles. The third kappa shape index (κ3) is 1.96. The zero-order valence-electron chi connectivity index (χ0n) is 11.4. The summed E-state index contributed by atoms with van der Waals surface area (Å²) in [6.45, 7) is 0. The van der Waals surface area contributed by atoms with Crippen molar-refractivity contribution in [2.24, 2.45) is 0 Å². The van der Waals surface area contributed by atoms with Crippen LogP contribution in [-0.4, -0.2) is 19.6 Å². The fraction of sp³-hybridized carbons (Fsp3) is 0.176. The lowest BCUT2D eigenvalue weighted by Crippen LogP contribution is -2.10. The SMILES string of the molecule is OC(CC1c2ccccc2-c2cncn21)c1ccncc1. The van der Waals surface area contributed by atoms with Crippen molar-refractivity contribution in [3.63, 3.8) is 0 Å². The van der Waals surface area contributed by atoms with Gasteiger partial charge in [-0.2, -0.15) is 0 Å². The second-order valence-electron chi connectivity index (χ2n) is 5.32. The maximum Gasteiger partial charge on any atom is 0.0956 e. The van der Waals surface area contributed by atoms with Gasteiger partial charge in [0.1, 0.15) is 0 Å². The largest absolute Gasteiger partial charge is 0.388 e. The molecule has 0 bridgehead atoms. The molecule has 4 rings (SSSR count). The van der Waals surface area contributed by atoms with Crippen LogP contribution in [0, 0.1) is 0 Å². The maximum atomic E-state index is 10.5. The lowest BCUT2D eigenvalue weighted by molar-refractivity contribution is 0.153. The Balaban J connectivity index is 1.70. The van der Waals surface area contributed by atoms with Gasteiger partial charge in [-0.1, -0.05) is 24.3 Å². The van der Waals surface area contributed by atoms with E-state index in [-0.39, 0.29) is 6.04 Å². The summed E-state index contributed by atoms with van der Waals surface area (Å²) in [5.41, 5.74) is 4.48. The van der Waals surface area contributed by atoms with Crippen molar-refractivity contribution in [1.82, 2.24) is 14.5 Å². The second-order valence-corrected chi connectivity index (χ2v) is 5.32. The molecule has 1 aliphatic rings. The molecule has 2 aromatic heterocycles. The van der Waals surface area contributed by atoms with E-state index in [1.165, 1.54) is 11.1 Å². The van der Waals surface area contributed by atoms with Crippen LogP contribution in [0.15, 0.2) is 61.3 Å². The highest BCUT2D eigenvalue weighted by Crippen LogP contribution is 2.42. The normalized spacial score (nSPS) is 17.3. The molecule has 3 aromatic rings. The number of hydrogen-bond donors (Lipinski definition) is 1. The van der Waals surface area contributed by atoms with Gasteiger partial charge in [0.05, 0.1) is 30.4 Å². The first kappa shape index (κ1) is 12.3. The van der Waals surface area contributed by atoms with Gasteiger partial charge in [0.15, 0.2) is 0 Å². The number of fused-ring (bicyclic) bond motifs is 3. The van der Waals surface area contributed by atoms with Crippen LogP contribution in [0.2, 0.25) is 0 Å². The third-order valence-corrected chi connectivity index (χ3v) is 4.13. The van der Waals surface area contributed by atoms with E-state index < -0.39 is 6.10 Å². The molecule has 0 radical (unpaired) electrons. The summed E-state index contributed by atoms with van der Waals surface area (Å²) < 4.78 is 2.15. The van der Waals surface area contributed by atoms with Gasteiger partial charge in [0.2, 0.25) is 0 Å². The highest BCUT2D eigenvalue weighted by Gasteiger charge is 2.29. The van der Waals surface area contributed by atoms with Crippen molar-refractivity contribution in [2.45, 2.75) is 18.6 Å². The molecule has 1 aliphatic heterocycles. The summed E-state index contributed by atoms with van der Waals surface area (Å²) in [4.78, 5) is 8.24. The molecule has 2 atom stereocenters. The summed E-state index contributed by atoms with van der Waals surface area (Å²) in [6.07, 6.45) is 7.27. The van der Waals surface area contributed by atoms with Crippen LogP contribution in [0.1, 0.15) is 29.7 Å². The topological polar surface area (TPSA) is 50.9 Å². The third-order valence-electron chi connectivity index (χ3n) is 4.13. The number of pyridine rings is 1. The number of aromatic nitrogens is 3. The highest BCUT2D eigenvalue weighted by molar-refractivity contribution is 5.68. The van der Waals surface area contributed by atoms with E-state index in [0.29, 0.717) is 6.42 Å². The lowest BCUT2D eigenvalue weighted by atomic mass is 9.96. The summed E-state index contributed by atoms with van der Waals surface area (Å²) in [6, 6.07) is 12.2. The van der Waals surface area contributed by atoms with Crippen molar-refractivity contribution < 1.29 is 5.11 Å². The van der Waals surface area contributed by atoms with Crippen molar-refractivity contribution in [3.8, 4) is 11.3 Å². The van der Waals surface area contributed by atoms with E-state index in [4.69, 9.17) is 0 Å². The number of nitrogens with zero attached hydrogens (tertiary/aromatic N) is 3. The first-order chi connectivity index (χ1) is 10.3. The first-order valence-corrected chi connectivity index (χ1v) is 7.03. The number of imidazole rings is 1. The van der Waals surface area contributed by atoms with Gasteiger partial charge in [-0.25, -0.2) is 4.98 Å². The van der Waals surface area contributed by atoms with E-state index in [1.54, 1.807) is 12.4 Å². The molecule has 21 heavy (non-hydrogen) atoms. The van der Waals surface area contributed by atoms with Gasteiger partial charge in [0, 0.05) is 24.4 Å². The minimum atomic E-state index is -0.514. The Morgan fingerprint density at radius 2 is 1.90 bits per heavy atom. The van der Waals surface area contributed by atoms with Gasteiger partial charge in [0.25, 0.3) is 0 Å². The van der Waals surface area contributed by atoms with E-state index >= 15 is 0 Å². The molecule has 104 valence electrons. The molecule has 0 fully saturated rings. The van der Waals surface area contributed by atoms with Crippen LogP contribution in [-0.2, 0) is 0 Å². The molecule has 1 aromatic carbocycles. The van der Waals surface area contributed by atoms with Crippen molar-refractivity contribution in [3.05, 3.63) is 72.4 Å². The predicted molar refractivity (Wildman–Crippen MR) is 79.6 cm³/mol. The summed E-state index contributed by atoms with van der Waals surface area (Å²) >= 11 is 0. The number of aliphatic hydroxyl groups is 1. The number of hydrogen-bond acceptors (Lipinski definition) is 3. The Morgan fingerprint density at radius 3 is 2.76 bits per heavy atom. The lowest BCUT2D eigenvalue weighted by Gasteiger charge is -2.19. The van der Waals surface area contributed by atoms with Crippen molar-refractivity contribution >= 4 is 0 Å². The standard InChI is InChI=1S/C17H15N3O/c21-17(12-5-7-18-8-6-12)9-15-13-3-1-2-4-14(13)16-10-19-11-20(15)16/h1-8,10-11,15,17,21H,9H2. The quantitative estimate of drug-likeness (QED) is 0.800. The predicted octanol–water partition coefficient (Wildman–Crippen LogP) is 2.97. The minimum Gasteiger partial charge on any atom is -0.388 e. The van der Waals surface area contributed by atoms with E-state index in [2.05, 4.69) is 26.7 Å². The molecule has 1 N–H and O–H groups in total. The number of benzene rings is 1. The molecule has 0 saturated heterocycles. The van der Waals surface area contributed by atoms with Crippen LogP contribution >= 0.6 is 0 Å². The maximum absolute atomic E-state index is 10.5. The van der Waals surface area contributed by atoms with Crippen molar-refractivity contribution in [2.75, 3.05) is 0 Å². The van der Waals surface area contributed by atoms with E-state index in [0.717, 1.165) is 11.3 Å². The van der Waals surface area contributed by atoms with Gasteiger partial charge >= 0.3 is 0 Å². The van der Waals surface area contributed by atoms with Gasteiger partial charge in [-0.3, -0.25) is 4.98 Å². The molecule has 2 unspecified atom stereocenters. The number of rotatable bonds is 3. The molecule has 0 aliphatic carbocycles. The molecule has 0 amide bonds. The zero-order valence-corrected chi connectivity index (χ0v) is 11.4. The van der Waals surface area contributed by atoms with E-state index in [1.807, 2.05) is 36.8 Å².